The molecular formula is C22H26N4O3. The summed E-state index contributed by atoms with van der Waals surface area (Å²) in [6.45, 7) is 6.16. The fourth-order valence-electron chi connectivity index (χ4n) is 3.37. The van der Waals surface area contributed by atoms with Crippen LogP contribution in [0.5, 0.6) is 0 Å². The van der Waals surface area contributed by atoms with Crippen molar-refractivity contribution >= 4 is 34.8 Å². The molecule has 3 amide bonds. The zero-order chi connectivity index (χ0) is 20.8. The molecule has 1 aliphatic rings. The number of hydrogen-bond acceptors (Lipinski definition) is 4. The monoisotopic (exact) mass is 394 g/mol. The predicted molar refractivity (Wildman–Crippen MR) is 114 cm³/mol. The van der Waals surface area contributed by atoms with E-state index in [2.05, 4.69) is 40.7 Å². The molecule has 0 radical (unpaired) electrons. The lowest BCUT2D eigenvalue weighted by Crippen LogP contribution is -2.49. The lowest BCUT2D eigenvalue weighted by atomic mass is 10.2. The summed E-state index contributed by atoms with van der Waals surface area (Å²) in [6, 6.07) is 15.1. The third-order valence-corrected chi connectivity index (χ3v) is 4.78. The van der Waals surface area contributed by atoms with Gasteiger partial charge < -0.3 is 20.4 Å². The standard InChI is InChI=1S/C22H26N4O3/c1-16-5-3-8-20(13-16)25-9-11-26(12-10-25)22(29)15-21(28)24-19-7-4-6-18(14-19)23-17(2)27/h3-8,13-14H,9-12,15H2,1-2H3,(H,23,27)(H,24,28). The number of carbonyl (C=O) groups excluding carboxylic acids is 3. The quantitative estimate of drug-likeness (QED) is 0.764. The van der Waals surface area contributed by atoms with Crippen LogP contribution in [0.25, 0.3) is 0 Å². The fraction of sp³-hybridized carbons (Fsp3) is 0.318. The number of piperazine rings is 1. The second-order valence-corrected chi connectivity index (χ2v) is 7.19. The number of nitrogens with one attached hydrogen (secondary N) is 2. The van der Waals surface area contributed by atoms with E-state index in [0.29, 0.717) is 24.5 Å². The number of aryl methyl sites for hydroxylation is 1. The molecule has 0 saturated carbocycles. The smallest absolute Gasteiger partial charge is 0.233 e. The molecule has 1 heterocycles. The van der Waals surface area contributed by atoms with E-state index < -0.39 is 0 Å². The van der Waals surface area contributed by atoms with Crippen molar-refractivity contribution in [3.8, 4) is 0 Å². The van der Waals surface area contributed by atoms with Crippen LogP contribution in [0.3, 0.4) is 0 Å². The van der Waals surface area contributed by atoms with Gasteiger partial charge in [0.25, 0.3) is 0 Å². The van der Waals surface area contributed by atoms with Gasteiger partial charge in [0, 0.05) is 50.2 Å². The van der Waals surface area contributed by atoms with Crippen LogP contribution >= 0.6 is 0 Å². The van der Waals surface area contributed by atoms with E-state index in [1.54, 1.807) is 29.2 Å². The zero-order valence-electron chi connectivity index (χ0n) is 16.8. The summed E-state index contributed by atoms with van der Waals surface area (Å²) in [5, 5.41) is 5.38. The summed E-state index contributed by atoms with van der Waals surface area (Å²) in [7, 11) is 0. The van der Waals surface area contributed by atoms with Crippen molar-refractivity contribution in [2.75, 3.05) is 41.7 Å². The highest BCUT2D eigenvalue weighted by atomic mass is 16.2. The van der Waals surface area contributed by atoms with Crippen LogP contribution in [-0.2, 0) is 14.4 Å². The summed E-state index contributed by atoms with van der Waals surface area (Å²) < 4.78 is 0. The van der Waals surface area contributed by atoms with E-state index in [4.69, 9.17) is 0 Å². The zero-order valence-corrected chi connectivity index (χ0v) is 16.8. The van der Waals surface area contributed by atoms with Crippen LogP contribution < -0.4 is 15.5 Å². The molecule has 0 aromatic heterocycles. The molecule has 1 fully saturated rings. The SMILES string of the molecule is CC(=O)Nc1cccc(NC(=O)CC(=O)N2CCN(c3cccc(C)c3)CC2)c1. The molecule has 2 aromatic rings. The molecule has 7 nitrogen and oxygen atoms in total. The summed E-state index contributed by atoms with van der Waals surface area (Å²) in [6.07, 6.45) is -0.200. The molecule has 0 aliphatic carbocycles. The van der Waals surface area contributed by atoms with Crippen molar-refractivity contribution in [3.63, 3.8) is 0 Å². The van der Waals surface area contributed by atoms with Gasteiger partial charge in [-0.25, -0.2) is 0 Å². The van der Waals surface area contributed by atoms with Crippen LogP contribution in [0.2, 0.25) is 0 Å². The Morgan fingerprint density at radius 2 is 1.55 bits per heavy atom. The summed E-state index contributed by atoms with van der Waals surface area (Å²) in [5.41, 5.74) is 3.50. The average molecular weight is 394 g/mol. The Kier molecular flexibility index (Phi) is 6.49. The fourth-order valence-corrected chi connectivity index (χ4v) is 3.37. The molecule has 1 saturated heterocycles. The normalized spacial score (nSPS) is 13.7. The molecule has 7 heteroatoms. The van der Waals surface area contributed by atoms with Crippen molar-refractivity contribution in [3.05, 3.63) is 54.1 Å². The van der Waals surface area contributed by atoms with E-state index in [-0.39, 0.29) is 24.1 Å². The molecule has 29 heavy (non-hydrogen) atoms. The molecule has 152 valence electrons. The number of rotatable bonds is 5. The second kappa shape index (κ2) is 9.23. The largest absolute Gasteiger partial charge is 0.368 e. The Balaban J connectivity index is 1.49. The van der Waals surface area contributed by atoms with Crippen molar-refractivity contribution in [2.45, 2.75) is 20.3 Å². The maximum atomic E-state index is 12.5. The van der Waals surface area contributed by atoms with Gasteiger partial charge in [-0.15, -0.1) is 0 Å². The van der Waals surface area contributed by atoms with E-state index in [9.17, 15) is 14.4 Å². The highest BCUT2D eigenvalue weighted by Gasteiger charge is 2.23. The number of hydrogen-bond donors (Lipinski definition) is 2. The molecule has 2 N–H and O–H groups in total. The Hall–Kier alpha value is -3.35. The first-order valence-electron chi connectivity index (χ1n) is 9.67. The Labute approximate surface area is 170 Å². The Morgan fingerprint density at radius 3 is 2.21 bits per heavy atom. The van der Waals surface area contributed by atoms with Crippen LogP contribution in [-0.4, -0.2) is 48.8 Å². The van der Waals surface area contributed by atoms with Gasteiger partial charge in [0.1, 0.15) is 6.42 Å². The lowest BCUT2D eigenvalue weighted by Gasteiger charge is -2.36. The number of nitrogens with zero attached hydrogens (tertiary/aromatic N) is 2. The molecular weight excluding hydrogens is 368 g/mol. The first-order valence-corrected chi connectivity index (χ1v) is 9.67. The minimum atomic E-state index is -0.365. The van der Waals surface area contributed by atoms with Gasteiger partial charge >= 0.3 is 0 Å². The summed E-state index contributed by atoms with van der Waals surface area (Å²) in [4.78, 5) is 39.9. The van der Waals surface area contributed by atoms with Gasteiger partial charge in [-0.2, -0.15) is 0 Å². The Morgan fingerprint density at radius 1 is 0.897 bits per heavy atom. The first kappa shape index (κ1) is 20.4. The molecule has 0 bridgehead atoms. The molecule has 0 atom stereocenters. The van der Waals surface area contributed by atoms with Crippen LogP contribution in [0.15, 0.2) is 48.5 Å². The molecule has 2 aromatic carbocycles. The number of benzene rings is 2. The van der Waals surface area contributed by atoms with Crippen molar-refractivity contribution < 1.29 is 14.4 Å². The van der Waals surface area contributed by atoms with Crippen molar-refractivity contribution in [2.24, 2.45) is 0 Å². The summed E-state index contributed by atoms with van der Waals surface area (Å²) >= 11 is 0. The highest BCUT2D eigenvalue weighted by Crippen LogP contribution is 2.19. The number of carbonyl (C=O) groups is 3. The minimum absolute atomic E-state index is 0.176. The number of anilines is 3. The van der Waals surface area contributed by atoms with Gasteiger partial charge in [0.15, 0.2) is 0 Å². The summed E-state index contributed by atoms with van der Waals surface area (Å²) in [5.74, 6) is -0.728. The maximum absolute atomic E-state index is 12.5. The third kappa shape index (κ3) is 5.81. The van der Waals surface area contributed by atoms with Gasteiger partial charge in [0.2, 0.25) is 17.7 Å². The van der Waals surface area contributed by atoms with Gasteiger partial charge in [-0.3, -0.25) is 14.4 Å². The molecule has 3 rings (SSSR count). The highest BCUT2D eigenvalue weighted by molar-refractivity contribution is 6.04. The van der Waals surface area contributed by atoms with E-state index in [0.717, 1.165) is 18.8 Å². The van der Waals surface area contributed by atoms with Gasteiger partial charge in [0.05, 0.1) is 0 Å². The van der Waals surface area contributed by atoms with E-state index >= 15 is 0 Å². The van der Waals surface area contributed by atoms with Gasteiger partial charge in [-0.1, -0.05) is 18.2 Å². The van der Waals surface area contributed by atoms with Crippen LogP contribution in [0, 0.1) is 6.92 Å². The number of amides is 3. The van der Waals surface area contributed by atoms with Crippen molar-refractivity contribution in [1.29, 1.82) is 0 Å². The average Bonchev–Trinajstić information content (AvgIpc) is 2.67. The lowest BCUT2D eigenvalue weighted by molar-refractivity contribution is -0.134. The molecule has 0 spiro atoms. The minimum Gasteiger partial charge on any atom is -0.368 e. The second-order valence-electron chi connectivity index (χ2n) is 7.19. The third-order valence-electron chi connectivity index (χ3n) is 4.78. The predicted octanol–water partition coefficient (Wildman–Crippen LogP) is 2.63. The molecule has 1 aliphatic heterocycles. The maximum Gasteiger partial charge on any atom is 0.233 e. The van der Waals surface area contributed by atoms with Crippen LogP contribution in [0.1, 0.15) is 18.9 Å². The van der Waals surface area contributed by atoms with E-state index in [1.807, 2.05) is 6.07 Å². The molecule has 0 unspecified atom stereocenters. The Bertz CT molecular complexity index is 904. The van der Waals surface area contributed by atoms with Crippen molar-refractivity contribution in [1.82, 2.24) is 4.90 Å². The van der Waals surface area contributed by atoms with E-state index in [1.165, 1.54) is 12.5 Å². The first-order chi connectivity index (χ1) is 13.9. The topological polar surface area (TPSA) is 81.8 Å². The van der Waals surface area contributed by atoms with Crippen LogP contribution in [0.4, 0.5) is 17.1 Å². The van der Waals surface area contributed by atoms with Gasteiger partial charge in [-0.05, 0) is 42.8 Å².